The zero-order valence-electron chi connectivity index (χ0n) is 17.7. The Morgan fingerprint density at radius 1 is 1.24 bits per heavy atom. The van der Waals surface area contributed by atoms with Gasteiger partial charge in [0.2, 0.25) is 0 Å². The Kier molecular flexibility index (Phi) is 9.24. The number of hydrogen-bond donors (Lipinski definition) is 3. The fourth-order valence-corrected chi connectivity index (χ4v) is 4.42. The van der Waals surface area contributed by atoms with E-state index in [1.165, 1.54) is 14.0 Å². The monoisotopic (exact) mass is 408 g/mol. The quantitative estimate of drug-likeness (QED) is 0.381. The highest BCUT2D eigenvalue weighted by atomic mass is 16.6. The number of aliphatic hydroxyl groups excluding tert-OH is 2. The van der Waals surface area contributed by atoms with Crippen LogP contribution in [-0.2, 0) is 16.0 Å². The molecule has 0 heterocycles. The van der Waals surface area contributed by atoms with Crippen molar-refractivity contribution >= 4 is 5.97 Å². The molecule has 0 saturated heterocycles. The number of carbonyl (C=O) groups excluding carboxylic acids is 1. The number of hydrogen-bond acceptors (Lipinski definition) is 6. The fourth-order valence-electron chi connectivity index (χ4n) is 4.42. The first-order valence-electron chi connectivity index (χ1n) is 10.7. The number of phenolic OH excluding ortho intramolecular Hbond substituents is 1. The number of benzene rings is 1. The summed E-state index contributed by atoms with van der Waals surface area (Å²) in [6, 6.07) is 5.24. The molecule has 6 heteroatoms. The van der Waals surface area contributed by atoms with Crippen LogP contribution in [0.4, 0.5) is 0 Å². The lowest BCUT2D eigenvalue weighted by molar-refractivity contribution is -0.168. The zero-order chi connectivity index (χ0) is 21.3. The highest BCUT2D eigenvalue weighted by Gasteiger charge is 2.42. The highest BCUT2D eigenvalue weighted by molar-refractivity contribution is 5.66. The summed E-state index contributed by atoms with van der Waals surface area (Å²) in [5, 5.41) is 29.4. The van der Waals surface area contributed by atoms with E-state index in [2.05, 4.69) is 0 Å². The topological polar surface area (TPSA) is 96.2 Å². The van der Waals surface area contributed by atoms with Gasteiger partial charge in [0.1, 0.15) is 5.60 Å². The van der Waals surface area contributed by atoms with Crippen molar-refractivity contribution in [3.8, 4) is 11.5 Å². The van der Waals surface area contributed by atoms with Crippen LogP contribution in [0.15, 0.2) is 18.2 Å². The van der Waals surface area contributed by atoms with Crippen LogP contribution in [0.5, 0.6) is 11.5 Å². The number of phenols is 1. The summed E-state index contributed by atoms with van der Waals surface area (Å²) in [7, 11) is 1.51. The molecule has 1 aromatic carbocycles. The molecule has 29 heavy (non-hydrogen) atoms. The highest BCUT2D eigenvalue weighted by Crippen LogP contribution is 2.40. The first kappa shape index (κ1) is 23.5. The number of aryl methyl sites for hydroxylation is 1. The molecule has 164 valence electrons. The van der Waals surface area contributed by atoms with Gasteiger partial charge in [0.25, 0.3) is 0 Å². The summed E-state index contributed by atoms with van der Waals surface area (Å²) >= 11 is 0. The Morgan fingerprint density at radius 3 is 2.66 bits per heavy atom. The summed E-state index contributed by atoms with van der Waals surface area (Å²) < 4.78 is 10.9. The summed E-state index contributed by atoms with van der Waals surface area (Å²) in [5.41, 5.74) is 0.343. The average molecular weight is 409 g/mol. The van der Waals surface area contributed by atoms with Gasteiger partial charge >= 0.3 is 5.97 Å². The molecule has 3 atom stereocenters. The van der Waals surface area contributed by atoms with Crippen molar-refractivity contribution in [2.24, 2.45) is 5.92 Å². The van der Waals surface area contributed by atoms with Crippen LogP contribution >= 0.6 is 0 Å². The van der Waals surface area contributed by atoms with Crippen molar-refractivity contribution in [3.05, 3.63) is 23.8 Å². The van der Waals surface area contributed by atoms with E-state index >= 15 is 0 Å². The first-order chi connectivity index (χ1) is 13.9. The maximum absolute atomic E-state index is 11.8. The molecular formula is C23H36O6. The molecule has 0 aromatic heterocycles. The minimum Gasteiger partial charge on any atom is -0.504 e. The number of unbranched alkanes of at least 4 members (excludes halogenated alkanes) is 3. The van der Waals surface area contributed by atoms with Crippen LogP contribution in [0.2, 0.25) is 0 Å². The molecule has 0 radical (unpaired) electrons. The number of carbonyl (C=O) groups is 1. The Bertz CT molecular complexity index is 646. The largest absolute Gasteiger partial charge is 0.504 e. The molecule has 0 aliphatic heterocycles. The summed E-state index contributed by atoms with van der Waals surface area (Å²) in [5.74, 6) is 0.444. The third kappa shape index (κ3) is 7.19. The second kappa shape index (κ2) is 11.4. The van der Waals surface area contributed by atoms with Crippen LogP contribution in [0.1, 0.15) is 70.3 Å². The third-order valence-electron chi connectivity index (χ3n) is 6.05. The molecule has 6 nitrogen and oxygen atoms in total. The van der Waals surface area contributed by atoms with Crippen molar-refractivity contribution in [1.29, 1.82) is 0 Å². The van der Waals surface area contributed by atoms with Gasteiger partial charge in [-0.1, -0.05) is 25.3 Å². The molecule has 1 aliphatic carbocycles. The van der Waals surface area contributed by atoms with Crippen LogP contribution < -0.4 is 4.74 Å². The maximum Gasteiger partial charge on any atom is 0.303 e. The Balaban J connectivity index is 1.95. The SMILES string of the molecule is COc1cc(CCC2(OC(C)=O)CCC(CCCCCCO)C(O)C2)ccc1O. The molecule has 0 spiro atoms. The van der Waals surface area contributed by atoms with E-state index in [4.69, 9.17) is 14.6 Å². The zero-order valence-corrected chi connectivity index (χ0v) is 17.7. The predicted octanol–water partition coefficient (Wildman–Crippen LogP) is 3.74. The van der Waals surface area contributed by atoms with Gasteiger partial charge in [-0.25, -0.2) is 0 Å². The molecule has 3 unspecified atom stereocenters. The van der Waals surface area contributed by atoms with E-state index in [1.54, 1.807) is 12.1 Å². The van der Waals surface area contributed by atoms with Crippen LogP contribution in [-0.4, -0.2) is 46.7 Å². The first-order valence-corrected chi connectivity index (χ1v) is 10.7. The Morgan fingerprint density at radius 2 is 2.00 bits per heavy atom. The number of ether oxygens (including phenoxy) is 2. The average Bonchev–Trinajstić information content (AvgIpc) is 2.68. The van der Waals surface area contributed by atoms with Crippen molar-refractivity contribution in [2.75, 3.05) is 13.7 Å². The minimum atomic E-state index is -0.649. The molecule has 1 fully saturated rings. The third-order valence-corrected chi connectivity index (χ3v) is 6.05. The Labute approximate surface area is 173 Å². The number of rotatable bonds is 11. The van der Waals surface area contributed by atoms with Gasteiger partial charge in [0.15, 0.2) is 11.5 Å². The normalized spacial score (nSPS) is 24.3. The van der Waals surface area contributed by atoms with E-state index in [0.29, 0.717) is 25.0 Å². The molecule has 1 aliphatic rings. The lowest BCUT2D eigenvalue weighted by Gasteiger charge is -2.42. The van der Waals surface area contributed by atoms with Crippen LogP contribution in [0.25, 0.3) is 0 Å². The van der Waals surface area contributed by atoms with E-state index in [9.17, 15) is 15.0 Å². The maximum atomic E-state index is 11.8. The molecule has 0 bridgehead atoms. The molecule has 1 aromatic rings. The fraction of sp³-hybridized carbons (Fsp3) is 0.696. The van der Waals surface area contributed by atoms with Gasteiger partial charge in [-0.15, -0.1) is 0 Å². The standard InChI is InChI=1S/C23H36O6/c1-17(25)29-23(12-10-18-8-9-20(26)22(15-18)28-2)13-11-19(21(27)16-23)7-5-3-4-6-14-24/h8-9,15,19,21,24,26-27H,3-7,10-14,16H2,1-2H3. The predicted molar refractivity (Wildman–Crippen MR) is 111 cm³/mol. The van der Waals surface area contributed by atoms with Gasteiger partial charge in [0, 0.05) is 20.0 Å². The van der Waals surface area contributed by atoms with E-state index in [0.717, 1.165) is 50.5 Å². The second-order valence-corrected chi connectivity index (χ2v) is 8.28. The van der Waals surface area contributed by atoms with Crippen molar-refractivity contribution in [3.63, 3.8) is 0 Å². The van der Waals surface area contributed by atoms with Gasteiger partial charge in [-0.2, -0.15) is 0 Å². The lowest BCUT2D eigenvalue weighted by Crippen LogP contribution is -2.45. The number of esters is 1. The lowest BCUT2D eigenvalue weighted by atomic mass is 9.72. The van der Waals surface area contributed by atoms with E-state index < -0.39 is 11.7 Å². The second-order valence-electron chi connectivity index (χ2n) is 8.28. The molecule has 2 rings (SSSR count). The number of methoxy groups -OCH3 is 1. The van der Waals surface area contributed by atoms with Crippen molar-refractivity contribution in [2.45, 2.75) is 82.8 Å². The van der Waals surface area contributed by atoms with Crippen molar-refractivity contribution in [1.82, 2.24) is 0 Å². The van der Waals surface area contributed by atoms with Crippen LogP contribution in [0.3, 0.4) is 0 Å². The smallest absolute Gasteiger partial charge is 0.303 e. The van der Waals surface area contributed by atoms with E-state index in [1.807, 2.05) is 6.07 Å². The number of aromatic hydroxyl groups is 1. The summed E-state index contributed by atoms with van der Waals surface area (Å²) in [6.45, 7) is 1.66. The molecule has 1 saturated carbocycles. The Hall–Kier alpha value is -1.79. The van der Waals surface area contributed by atoms with E-state index in [-0.39, 0.29) is 24.2 Å². The van der Waals surface area contributed by atoms with Gasteiger partial charge in [-0.05, 0) is 62.1 Å². The molecule has 0 amide bonds. The minimum absolute atomic E-state index is 0.0980. The number of aliphatic hydroxyl groups is 2. The molecular weight excluding hydrogens is 372 g/mol. The van der Waals surface area contributed by atoms with Crippen molar-refractivity contribution < 1.29 is 29.6 Å². The molecule has 3 N–H and O–H groups in total. The van der Waals surface area contributed by atoms with Gasteiger partial charge < -0.3 is 24.8 Å². The summed E-state index contributed by atoms with van der Waals surface area (Å²) in [4.78, 5) is 11.8. The van der Waals surface area contributed by atoms with Gasteiger partial charge in [-0.3, -0.25) is 4.79 Å². The van der Waals surface area contributed by atoms with Crippen LogP contribution in [0, 0.1) is 5.92 Å². The summed E-state index contributed by atoms with van der Waals surface area (Å²) in [6.07, 6.45) is 7.82. The van der Waals surface area contributed by atoms with Gasteiger partial charge in [0.05, 0.1) is 13.2 Å².